The molecule has 17 heavy (non-hydrogen) atoms. The molecule has 3 aliphatic rings. The molecule has 1 aliphatic heterocycles. The maximum atomic E-state index is 12.0. The normalized spacial score (nSPS) is 30.0. The van der Waals surface area contributed by atoms with Crippen LogP contribution in [-0.2, 0) is 9.59 Å². The van der Waals surface area contributed by atoms with Crippen LogP contribution in [0.15, 0.2) is 0 Å². The Kier molecular flexibility index (Phi) is 2.81. The number of carbonyl (C=O) groups is 2. The number of nitrogens with zero attached hydrogens (tertiary/aromatic N) is 1. The second-order valence-corrected chi connectivity index (χ2v) is 5.65. The van der Waals surface area contributed by atoms with Crippen LogP contribution in [0.2, 0.25) is 0 Å². The highest BCUT2D eigenvalue weighted by molar-refractivity contribution is 5.84. The Labute approximate surface area is 102 Å². The first-order valence-corrected chi connectivity index (χ1v) is 6.84. The molecule has 0 bridgehead atoms. The van der Waals surface area contributed by atoms with Crippen molar-refractivity contribution in [2.24, 2.45) is 5.92 Å². The van der Waals surface area contributed by atoms with E-state index in [4.69, 9.17) is 0 Å². The molecule has 1 atom stereocenters. The summed E-state index contributed by atoms with van der Waals surface area (Å²) in [7, 11) is 0. The Hall–Kier alpha value is -1.06. The van der Waals surface area contributed by atoms with E-state index < -0.39 is 0 Å². The van der Waals surface area contributed by atoms with Crippen molar-refractivity contribution in [2.75, 3.05) is 6.54 Å². The Morgan fingerprint density at radius 1 is 1.18 bits per heavy atom. The zero-order chi connectivity index (χ0) is 11.8. The summed E-state index contributed by atoms with van der Waals surface area (Å²) in [5.74, 6) is 0.460. The predicted octanol–water partition coefficient (Wildman–Crippen LogP) is 1.06. The third-order valence-electron chi connectivity index (χ3n) is 4.25. The van der Waals surface area contributed by atoms with E-state index in [-0.39, 0.29) is 17.7 Å². The summed E-state index contributed by atoms with van der Waals surface area (Å²) in [5, 5.41) is 3.10. The van der Waals surface area contributed by atoms with Crippen molar-refractivity contribution in [2.45, 2.75) is 57.0 Å². The first kappa shape index (κ1) is 11.1. The summed E-state index contributed by atoms with van der Waals surface area (Å²) in [6.45, 7) is 0.655. The highest BCUT2D eigenvalue weighted by Crippen LogP contribution is 2.32. The summed E-state index contributed by atoms with van der Waals surface area (Å²) in [6.07, 6.45) is 7.04. The molecule has 0 radical (unpaired) electrons. The fourth-order valence-electron chi connectivity index (χ4n) is 2.70. The predicted molar refractivity (Wildman–Crippen MR) is 63.2 cm³/mol. The average molecular weight is 236 g/mol. The zero-order valence-electron chi connectivity index (χ0n) is 10.2. The van der Waals surface area contributed by atoms with Crippen LogP contribution in [0.5, 0.6) is 0 Å². The summed E-state index contributed by atoms with van der Waals surface area (Å²) < 4.78 is 0. The number of carbonyl (C=O) groups excluding carboxylic acids is 2. The van der Waals surface area contributed by atoms with E-state index in [1.54, 1.807) is 0 Å². The van der Waals surface area contributed by atoms with Crippen LogP contribution in [0.1, 0.15) is 44.9 Å². The Balaban J connectivity index is 1.55. The molecule has 3 rings (SSSR count). The van der Waals surface area contributed by atoms with Crippen LogP contribution in [0.25, 0.3) is 0 Å². The van der Waals surface area contributed by atoms with Gasteiger partial charge < -0.3 is 10.2 Å². The van der Waals surface area contributed by atoms with E-state index in [1.165, 1.54) is 6.42 Å². The van der Waals surface area contributed by atoms with Crippen LogP contribution in [0, 0.1) is 5.92 Å². The minimum Gasteiger partial charge on any atom is -0.353 e. The lowest BCUT2D eigenvalue weighted by Crippen LogP contribution is -2.49. The van der Waals surface area contributed by atoms with Crippen molar-refractivity contribution in [3.63, 3.8) is 0 Å². The van der Waals surface area contributed by atoms with Gasteiger partial charge in [0.1, 0.15) is 0 Å². The highest BCUT2D eigenvalue weighted by atomic mass is 16.2. The van der Waals surface area contributed by atoms with Gasteiger partial charge in [0.05, 0.1) is 5.92 Å². The zero-order valence-corrected chi connectivity index (χ0v) is 10.2. The van der Waals surface area contributed by atoms with Gasteiger partial charge >= 0.3 is 0 Å². The van der Waals surface area contributed by atoms with Crippen LogP contribution in [0.4, 0.5) is 0 Å². The van der Waals surface area contributed by atoms with Gasteiger partial charge in [-0.1, -0.05) is 0 Å². The average Bonchev–Trinajstić information content (AvgIpc) is 3.07. The third kappa shape index (κ3) is 2.31. The van der Waals surface area contributed by atoms with E-state index in [9.17, 15) is 9.59 Å². The fourth-order valence-corrected chi connectivity index (χ4v) is 2.70. The summed E-state index contributed by atoms with van der Waals surface area (Å²) in [4.78, 5) is 25.7. The Morgan fingerprint density at radius 2 is 1.94 bits per heavy atom. The second-order valence-electron chi connectivity index (χ2n) is 5.65. The van der Waals surface area contributed by atoms with Gasteiger partial charge in [-0.3, -0.25) is 9.59 Å². The van der Waals surface area contributed by atoms with E-state index in [0.717, 1.165) is 32.1 Å². The van der Waals surface area contributed by atoms with E-state index in [1.807, 2.05) is 4.90 Å². The smallest absolute Gasteiger partial charge is 0.225 e. The molecule has 2 amide bonds. The van der Waals surface area contributed by atoms with Crippen LogP contribution in [-0.4, -0.2) is 35.3 Å². The number of hydrogen-bond donors (Lipinski definition) is 1. The Bertz CT molecular complexity index is 334. The van der Waals surface area contributed by atoms with E-state index in [0.29, 0.717) is 25.0 Å². The van der Waals surface area contributed by atoms with Crippen molar-refractivity contribution in [1.82, 2.24) is 10.2 Å². The minimum absolute atomic E-state index is 0.0360. The summed E-state index contributed by atoms with van der Waals surface area (Å²) in [5.41, 5.74) is 0. The molecule has 0 spiro atoms. The van der Waals surface area contributed by atoms with Gasteiger partial charge in [-0.05, 0) is 38.5 Å². The van der Waals surface area contributed by atoms with Gasteiger partial charge in [-0.2, -0.15) is 0 Å². The molecule has 4 heteroatoms. The molecular formula is C13H20N2O2. The molecule has 3 fully saturated rings. The lowest BCUT2D eigenvalue weighted by molar-refractivity contribution is -0.139. The standard InChI is InChI=1S/C13H20N2O2/c16-12-7-4-9(8-15(12)11-5-6-11)13(17)14-10-2-1-3-10/h9-11H,1-8H2,(H,14,17). The maximum absolute atomic E-state index is 12.0. The van der Waals surface area contributed by atoms with Gasteiger partial charge in [-0.15, -0.1) is 0 Å². The SMILES string of the molecule is O=C(NC1CCC1)C1CCC(=O)N(C2CC2)C1. The Morgan fingerprint density at radius 3 is 2.53 bits per heavy atom. The van der Waals surface area contributed by atoms with Gasteiger partial charge in [0.2, 0.25) is 11.8 Å². The summed E-state index contributed by atoms with van der Waals surface area (Å²) in [6, 6.07) is 0.858. The van der Waals surface area contributed by atoms with Gasteiger partial charge in [-0.25, -0.2) is 0 Å². The van der Waals surface area contributed by atoms with Crippen molar-refractivity contribution in [3.8, 4) is 0 Å². The monoisotopic (exact) mass is 236 g/mol. The molecule has 94 valence electrons. The first-order chi connectivity index (χ1) is 8.24. The number of rotatable bonds is 3. The molecule has 0 aromatic heterocycles. The van der Waals surface area contributed by atoms with Gasteiger partial charge in [0.25, 0.3) is 0 Å². The molecule has 2 aliphatic carbocycles. The minimum atomic E-state index is 0.0360. The molecule has 0 aromatic rings. The molecular weight excluding hydrogens is 216 g/mol. The lowest BCUT2D eigenvalue weighted by Gasteiger charge is -2.34. The topological polar surface area (TPSA) is 49.4 Å². The molecule has 4 nitrogen and oxygen atoms in total. The van der Waals surface area contributed by atoms with Gasteiger partial charge in [0, 0.05) is 25.0 Å². The molecule has 1 N–H and O–H groups in total. The number of amides is 2. The number of nitrogens with one attached hydrogen (secondary N) is 1. The van der Waals surface area contributed by atoms with Crippen LogP contribution in [0.3, 0.4) is 0 Å². The van der Waals surface area contributed by atoms with Crippen LogP contribution < -0.4 is 5.32 Å². The number of hydrogen-bond acceptors (Lipinski definition) is 2. The van der Waals surface area contributed by atoms with E-state index >= 15 is 0 Å². The number of likely N-dealkylation sites (tertiary alicyclic amines) is 1. The fraction of sp³-hybridized carbons (Fsp3) is 0.846. The summed E-state index contributed by atoms with van der Waals surface area (Å²) >= 11 is 0. The largest absolute Gasteiger partial charge is 0.353 e. The highest BCUT2D eigenvalue weighted by Gasteiger charge is 2.39. The maximum Gasteiger partial charge on any atom is 0.225 e. The van der Waals surface area contributed by atoms with Crippen molar-refractivity contribution >= 4 is 11.8 Å². The molecule has 1 saturated heterocycles. The lowest BCUT2D eigenvalue weighted by atomic mass is 9.91. The molecule has 1 heterocycles. The first-order valence-electron chi connectivity index (χ1n) is 6.84. The molecule has 1 unspecified atom stereocenters. The van der Waals surface area contributed by atoms with Gasteiger partial charge in [0.15, 0.2) is 0 Å². The van der Waals surface area contributed by atoms with Crippen molar-refractivity contribution in [1.29, 1.82) is 0 Å². The quantitative estimate of drug-likeness (QED) is 0.796. The molecule has 2 saturated carbocycles. The van der Waals surface area contributed by atoms with E-state index in [2.05, 4.69) is 5.32 Å². The van der Waals surface area contributed by atoms with Crippen molar-refractivity contribution in [3.05, 3.63) is 0 Å². The van der Waals surface area contributed by atoms with Crippen molar-refractivity contribution < 1.29 is 9.59 Å². The molecule has 0 aromatic carbocycles. The third-order valence-corrected chi connectivity index (χ3v) is 4.25. The number of piperidine rings is 1. The second kappa shape index (κ2) is 4.31. The van der Waals surface area contributed by atoms with Crippen LogP contribution >= 0.6 is 0 Å².